The summed E-state index contributed by atoms with van der Waals surface area (Å²) in [5.74, 6) is 0. The topological polar surface area (TPSA) is 29.5 Å². The lowest BCUT2D eigenvalue weighted by Gasteiger charge is -2.43. The van der Waals surface area contributed by atoms with Gasteiger partial charge in [0.25, 0.3) is 0 Å². The Balaban J connectivity index is 0.000000707. The molecule has 1 aliphatic heterocycles. The van der Waals surface area contributed by atoms with Crippen LogP contribution in [0.15, 0.2) is 48.5 Å². The molecule has 1 heterocycles. The zero-order chi connectivity index (χ0) is 21.3. The molecule has 0 atom stereocenters. The molecule has 3 nitrogen and oxygen atoms in total. The summed E-state index contributed by atoms with van der Waals surface area (Å²) >= 11 is 0. The first kappa shape index (κ1) is 23.0. The summed E-state index contributed by atoms with van der Waals surface area (Å²) in [5, 5.41) is 0. The van der Waals surface area contributed by atoms with Gasteiger partial charge in [-0.3, -0.25) is 0 Å². The highest BCUT2D eigenvalue weighted by Gasteiger charge is 2.42. The molecule has 4 rings (SSSR count). The fraction of sp³-hybridized carbons (Fsp3) is 0.500. The largest absolute Gasteiger partial charge is 0.450 e. The van der Waals surface area contributed by atoms with Gasteiger partial charge in [-0.1, -0.05) is 76.2 Å². The van der Waals surface area contributed by atoms with E-state index in [1.165, 1.54) is 22.3 Å². The molecule has 0 bridgehead atoms. The number of hydrogen-bond donors (Lipinski definition) is 0. The maximum absolute atomic E-state index is 12.1. The van der Waals surface area contributed by atoms with Gasteiger partial charge in [0.05, 0.1) is 6.61 Å². The standard InChI is InChI=1S/C22H25NO2.2C2H6/c1-2-25-21(24)23-15-13-22(14-16-23)19-9-5-3-7-17(19)11-12-18-8-4-6-10-20(18)22;2*1-2/h3-10H,2,11-16H2,1H3;2*1-2H3. The van der Waals surface area contributed by atoms with Gasteiger partial charge in [0.1, 0.15) is 0 Å². The minimum absolute atomic E-state index is 0.0205. The molecule has 0 radical (unpaired) electrons. The number of likely N-dealkylation sites (tertiary alicyclic amines) is 1. The van der Waals surface area contributed by atoms with Crippen molar-refractivity contribution >= 4 is 6.09 Å². The van der Waals surface area contributed by atoms with Crippen LogP contribution in [0.1, 0.15) is 69.7 Å². The molecule has 2 aliphatic rings. The van der Waals surface area contributed by atoms with E-state index in [4.69, 9.17) is 4.74 Å². The van der Waals surface area contributed by atoms with Crippen LogP contribution in [0.4, 0.5) is 4.79 Å². The number of piperidine rings is 1. The quantitative estimate of drug-likeness (QED) is 0.561. The van der Waals surface area contributed by atoms with E-state index in [0.717, 1.165) is 38.8 Å². The fourth-order valence-electron chi connectivity index (χ4n) is 4.65. The van der Waals surface area contributed by atoms with Crippen LogP contribution < -0.4 is 0 Å². The van der Waals surface area contributed by atoms with Gasteiger partial charge < -0.3 is 9.64 Å². The van der Waals surface area contributed by atoms with E-state index in [1.54, 1.807) is 0 Å². The van der Waals surface area contributed by atoms with Crippen molar-refractivity contribution in [3.8, 4) is 0 Å². The maximum Gasteiger partial charge on any atom is 0.409 e. The molecule has 0 N–H and O–H groups in total. The summed E-state index contributed by atoms with van der Waals surface area (Å²) in [7, 11) is 0. The van der Waals surface area contributed by atoms with E-state index in [1.807, 2.05) is 39.5 Å². The van der Waals surface area contributed by atoms with Crippen LogP contribution >= 0.6 is 0 Å². The summed E-state index contributed by atoms with van der Waals surface area (Å²) in [5.41, 5.74) is 5.87. The predicted octanol–water partition coefficient (Wildman–Crippen LogP) is 6.38. The lowest BCUT2D eigenvalue weighted by Crippen LogP contribution is -2.46. The third-order valence-electron chi connectivity index (χ3n) is 5.87. The van der Waals surface area contributed by atoms with E-state index in [-0.39, 0.29) is 11.5 Å². The van der Waals surface area contributed by atoms with Crippen molar-refractivity contribution in [1.82, 2.24) is 4.90 Å². The minimum Gasteiger partial charge on any atom is -0.450 e. The Kier molecular flexibility index (Phi) is 8.75. The monoisotopic (exact) mass is 395 g/mol. The van der Waals surface area contributed by atoms with Gasteiger partial charge in [0.15, 0.2) is 0 Å². The van der Waals surface area contributed by atoms with Crippen molar-refractivity contribution in [3.63, 3.8) is 0 Å². The van der Waals surface area contributed by atoms with Crippen LogP contribution in [0.3, 0.4) is 0 Å². The summed E-state index contributed by atoms with van der Waals surface area (Å²) in [6.07, 6.45) is 3.93. The number of carbonyl (C=O) groups excluding carboxylic acids is 1. The third-order valence-corrected chi connectivity index (χ3v) is 5.87. The van der Waals surface area contributed by atoms with E-state index in [0.29, 0.717) is 6.61 Å². The van der Waals surface area contributed by atoms with Gasteiger partial charge >= 0.3 is 6.09 Å². The number of aryl methyl sites for hydroxylation is 2. The average molecular weight is 396 g/mol. The highest BCUT2D eigenvalue weighted by Crippen LogP contribution is 2.46. The molecule has 0 saturated carbocycles. The third kappa shape index (κ3) is 4.66. The van der Waals surface area contributed by atoms with Gasteiger partial charge in [-0.2, -0.15) is 0 Å². The van der Waals surface area contributed by atoms with Crippen molar-refractivity contribution in [2.75, 3.05) is 19.7 Å². The molecule has 3 heteroatoms. The van der Waals surface area contributed by atoms with Gasteiger partial charge in [0.2, 0.25) is 0 Å². The lowest BCUT2D eigenvalue weighted by atomic mass is 9.66. The molecular formula is C26H37NO2. The summed E-state index contributed by atoms with van der Waals surface area (Å²) in [6, 6.07) is 17.8. The normalized spacial score (nSPS) is 16.1. The average Bonchev–Trinajstić information content (AvgIpc) is 2.93. The Hall–Kier alpha value is -2.29. The van der Waals surface area contributed by atoms with Crippen molar-refractivity contribution in [1.29, 1.82) is 0 Å². The summed E-state index contributed by atoms with van der Waals surface area (Å²) in [4.78, 5) is 14.0. The zero-order valence-electron chi connectivity index (χ0n) is 18.8. The maximum atomic E-state index is 12.1. The first-order valence-electron chi connectivity index (χ1n) is 11.3. The van der Waals surface area contributed by atoms with Crippen molar-refractivity contribution in [2.45, 2.75) is 65.7 Å². The Morgan fingerprint density at radius 2 is 1.31 bits per heavy atom. The van der Waals surface area contributed by atoms with Crippen LogP contribution in [0.2, 0.25) is 0 Å². The lowest BCUT2D eigenvalue weighted by molar-refractivity contribution is 0.0907. The van der Waals surface area contributed by atoms with Crippen LogP contribution in [0, 0.1) is 0 Å². The molecular weight excluding hydrogens is 358 g/mol. The second kappa shape index (κ2) is 11.0. The molecule has 158 valence electrons. The summed E-state index contributed by atoms with van der Waals surface area (Å²) in [6.45, 7) is 11.8. The number of amides is 1. The number of hydrogen-bond acceptors (Lipinski definition) is 2. The van der Waals surface area contributed by atoms with Gasteiger partial charge in [-0.05, 0) is 54.9 Å². The van der Waals surface area contributed by atoms with Crippen molar-refractivity contribution in [3.05, 3.63) is 70.8 Å². The van der Waals surface area contributed by atoms with E-state index >= 15 is 0 Å². The van der Waals surface area contributed by atoms with Crippen LogP contribution in [0.5, 0.6) is 0 Å². The Labute approximate surface area is 177 Å². The van der Waals surface area contributed by atoms with Crippen molar-refractivity contribution < 1.29 is 9.53 Å². The minimum atomic E-state index is -0.174. The SMILES string of the molecule is CC.CC.CCOC(=O)N1CCC2(CC1)c1ccccc1CCc1ccccc12. The van der Waals surface area contributed by atoms with Crippen molar-refractivity contribution in [2.24, 2.45) is 0 Å². The zero-order valence-corrected chi connectivity index (χ0v) is 18.8. The smallest absolute Gasteiger partial charge is 0.409 e. The first-order valence-corrected chi connectivity index (χ1v) is 11.3. The van der Waals surface area contributed by atoms with E-state index in [2.05, 4.69) is 48.5 Å². The summed E-state index contributed by atoms with van der Waals surface area (Å²) < 4.78 is 5.21. The number of fused-ring (bicyclic) bond motifs is 4. The number of nitrogens with zero attached hydrogens (tertiary/aromatic N) is 1. The molecule has 1 spiro atoms. The molecule has 0 aromatic heterocycles. The van der Waals surface area contributed by atoms with Crippen LogP contribution in [-0.4, -0.2) is 30.7 Å². The predicted molar refractivity (Wildman–Crippen MR) is 122 cm³/mol. The Morgan fingerprint density at radius 3 is 1.76 bits per heavy atom. The van der Waals surface area contributed by atoms with Gasteiger partial charge in [-0.25, -0.2) is 4.79 Å². The van der Waals surface area contributed by atoms with E-state index in [9.17, 15) is 4.79 Å². The number of ether oxygens (including phenoxy) is 1. The highest BCUT2D eigenvalue weighted by molar-refractivity contribution is 5.68. The fourth-order valence-corrected chi connectivity index (χ4v) is 4.65. The molecule has 2 aromatic carbocycles. The molecule has 2 aromatic rings. The van der Waals surface area contributed by atoms with Crippen LogP contribution in [0.25, 0.3) is 0 Å². The molecule has 29 heavy (non-hydrogen) atoms. The highest BCUT2D eigenvalue weighted by atomic mass is 16.6. The number of benzene rings is 2. The Bertz CT molecular complexity index is 726. The number of carbonyl (C=O) groups is 1. The first-order chi connectivity index (χ1) is 14.2. The molecule has 1 amide bonds. The van der Waals surface area contributed by atoms with Gasteiger partial charge in [0, 0.05) is 18.5 Å². The molecule has 1 saturated heterocycles. The second-order valence-electron chi connectivity index (χ2n) is 7.08. The van der Waals surface area contributed by atoms with Crippen LogP contribution in [-0.2, 0) is 23.0 Å². The van der Waals surface area contributed by atoms with E-state index < -0.39 is 0 Å². The molecule has 0 unspecified atom stereocenters. The van der Waals surface area contributed by atoms with Gasteiger partial charge in [-0.15, -0.1) is 0 Å². The molecule has 1 fully saturated rings. The second-order valence-corrected chi connectivity index (χ2v) is 7.08. The molecule has 1 aliphatic carbocycles. The Morgan fingerprint density at radius 1 is 0.862 bits per heavy atom. The number of rotatable bonds is 1.